The highest BCUT2D eigenvalue weighted by Gasteiger charge is 1.92. The lowest BCUT2D eigenvalue weighted by Crippen LogP contribution is -2.11. The van der Waals surface area contributed by atoms with Crippen LogP contribution in [0.15, 0.2) is 0 Å². The van der Waals surface area contributed by atoms with E-state index >= 15 is 0 Å². The SMILES string of the molecule is CCCCOCCOCCO[Si]CCCC. The fourth-order valence-electron chi connectivity index (χ4n) is 1.06. The van der Waals surface area contributed by atoms with E-state index in [0.717, 1.165) is 19.6 Å². The van der Waals surface area contributed by atoms with E-state index in [1.54, 1.807) is 0 Å². The first kappa shape index (κ1) is 16.1. The zero-order valence-corrected chi connectivity index (χ0v) is 11.8. The summed E-state index contributed by atoms with van der Waals surface area (Å²) >= 11 is 0. The highest BCUT2D eigenvalue weighted by Crippen LogP contribution is 1.93. The van der Waals surface area contributed by atoms with Crippen LogP contribution < -0.4 is 0 Å². The van der Waals surface area contributed by atoms with Crippen LogP contribution in [0.5, 0.6) is 0 Å². The van der Waals surface area contributed by atoms with E-state index in [4.69, 9.17) is 13.9 Å². The van der Waals surface area contributed by atoms with E-state index in [0.29, 0.717) is 29.6 Å². The molecule has 0 aromatic rings. The number of rotatable bonds is 13. The molecule has 0 rings (SSSR count). The van der Waals surface area contributed by atoms with Crippen molar-refractivity contribution in [3.05, 3.63) is 0 Å². The Kier molecular flexibility index (Phi) is 15.2. The van der Waals surface area contributed by atoms with Crippen molar-refractivity contribution in [2.75, 3.05) is 33.0 Å². The number of hydrogen-bond donors (Lipinski definition) is 0. The van der Waals surface area contributed by atoms with Crippen molar-refractivity contribution in [1.82, 2.24) is 0 Å². The van der Waals surface area contributed by atoms with Gasteiger partial charge in [0.2, 0.25) is 9.76 Å². The molecule has 96 valence electrons. The second kappa shape index (κ2) is 15.1. The average Bonchev–Trinajstić information content (AvgIpc) is 2.31. The molecule has 0 N–H and O–H groups in total. The highest BCUT2D eigenvalue weighted by atomic mass is 28.2. The molecule has 0 heterocycles. The van der Waals surface area contributed by atoms with Gasteiger partial charge in [-0.15, -0.1) is 0 Å². The van der Waals surface area contributed by atoms with Crippen molar-refractivity contribution >= 4 is 9.76 Å². The van der Waals surface area contributed by atoms with Gasteiger partial charge in [0.15, 0.2) is 0 Å². The van der Waals surface area contributed by atoms with Crippen LogP contribution in [0.1, 0.15) is 39.5 Å². The first-order chi connectivity index (χ1) is 7.91. The Hall–Kier alpha value is 0.0969. The molecule has 2 radical (unpaired) electrons. The standard InChI is InChI=1S/C12H26O3Si/c1-3-5-7-13-8-9-14-10-11-15-16-12-6-4-2/h3-12H2,1-2H3. The van der Waals surface area contributed by atoms with Gasteiger partial charge in [0, 0.05) is 6.61 Å². The maximum Gasteiger partial charge on any atom is 0.229 e. The third-order valence-corrected chi connectivity index (χ3v) is 3.04. The maximum atomic E-state index is 5.44. The van der Waals surface area contributed by atoms with Gasteiger partial charge in [-0.2, -0.15) is 0 Å². The highest BCUT2D eigenvalue weighted by molar-refractivity contribution is 6.26. The van der Waals surface area contributed by atoms with Crippen molar-refractivity contribution in [3.63, 3.8) is 0 Å². The molecule has 0 saturated carbocycles. The minimum Gasteiger partial charge on any atom is -0.415 e. The summed E-state index contributed by atoms with van der Waals surface area (Å²) in [6.45, 7) is 8.02. The summed E-state index contributed by atoms with van der Waals surface area (Å²) in [5.74, 6) is 0. The van der Waals surface area contributed by atoms with Crippen LogP contribution in [-0.2, 0) is 13.9 Å². The molecule has 0 aromatic carbocycles. The molecule has 0 amide bonds. The molecular formula is C12H26O3Si. The van der Waals surface area contributed by atoms with Gasteiger partial charge in [0.1, 0.15) is 0 Å². The summed E-state index contributed by atoms with van der Waals surface area (Å²) in [6.07, 6.45) is 4.85. The van der Waals surface area contributed by atoms with Crippen LogP contribution in [0.4, 0.5) is 0 Å². The summed E-state index contributed by atoms with van der Waals surface area (Å²) in [5, 5.41) is 0. The molecule has 0 atom stereocenters. The molecule has 0 aliphatic rings. The Balaban J connectivity index is 2.83. The van der Waals surface area contributed by atoms with Crippen molar-refractivity contribution < 1.29 is 13.9 Å². The first-order valence-corrected chi connectivity index (χ1v) is 7.53. The summed E-state index contributed by atoms with van der Waals surface area (Å²) in [6, 6.07) is 1.19. The minimum atomic E-state index is 0.640. The third kappa shape index (κ3) is 14.1. The van der Waals surface area contributed by atoms with Crippen molar-refractivity contribution in [2.24, 2.45) is 0 Å². The molecule has 0 aliphatic carbocycles. The molecule has 3 nitrogen and oxygen atoms in total. The predicted molar refractivity (Wildman–Crippen MR) is 68.0 cm³/mol. The Morgan fingerprint density at radius 3 is 2.06 bits per heavy atom. The summed E-state index contributed by atoms with van der Waals surface area (Å²) in [7, 11) is 0.640. The lowest BCUT2D eigenvalue weighted by atomic mass is 10.4. The lowest BCUT2D eigenvalue weighted by molar-refractivity contribution is 0.0359. The molecule has 4 heteroatoms. The van der Waals surface area contributed by atoms with Gasteiger partial charge >= 0.3 is 0 Å². The number of unbranched alkanes of at least 4 members (excludes halogenated alkanes) is 2. The summed E-state index contributed by atoms with van der Waals surface area (Å²) in [4.78, 5) is 0. The van der Waals surface area contributed by atoms with Crippen molar-refractivity contribution in [2.45, 2.75) is 45.6 Å². The first-order valence-electron chi connectivity index (χ1n) is 6.42. The number of ether oxygens (including phenoxy) is 2. The van der Waals surface area contributed by atoms with Gasteiger partial charge in [-0.25, -0.2) is 0 Å². The smallest absolute Gasteiger partial charge is 0.229 e. The fourth-order valence-corrected chi connectivity index (χ4v) is 1.93. The molecule has 16 heavy (non-hydrogen) atoms. The molecule has 0 spiro atoms. The van der Waals surface area contributed by atoms with Gasteiger partial charge in [0.05, 0.1) is 26.4 Å². The van der Waals surface area contributed by atoms with Gasteiger partial charge < -0.3 is 13.9 Å². The minimum absolute atomic E-state index is 0.640. The fraction of sp³-hybridized carbons (Fsp3) is 1.00. The topological polar surface area (TPSA) is 27.7 Å². The van der Waals surface area contributed by atoms with Crippen LogP contribution in [0.2, 0.25) is 6.04 Å². The van der Waals surface area contributed by atoms with E-state index in [1.165, 1.54) is 25.3 Å². The molecule has 0 aliphatic heterocycles. The van der Waals surface area contributed by atoms with Crippen LogP contribution in [0.3, 0.4) is 0 Å². The van der Waals surface area contributed by atoms with E-state index in [1.807, 2.05) is 0 Å². The molecule has 0 aromatic heterocycles. The molecular weight excluding hydrogens is 220 g/mol. The Bertz CT molecular complexity index is 109. The zero-order valence-electron chi connectivity index (χ0n) is 10.8. The quantitative estimate of drug-likeness (QED) is 0.369. The normalized spacial score (nSPS) is 10.9. The Labute approximate surface area is 103 Å². The second-order valence-corrected chi connectivity index (χ2v) is 4.75. The number of hydrogen-bond acceptors (Lipinski definition) is 3. The van der Waals surface area contributed by atoms with Crippen LogP contribution in [-0.4, -0.2) is 42.8 Å². The zero-order chi connectivity index (χ0) is 11.9. The van der Waals surface area contributed by atoms with Gasteiger partial charge in [-0.1, -0.05) is 33.1 Å². The monoisotopic (exact) mass is 246 g/mol. The van der Waals surface area contributed by atoms with E-state index in [9.17, 15) is 0 Å². The van der Waals surface area contributed by atoms with Crippen LogP contribution in [0.25, 0.3) is 0 Å². The van der Waals surface area contributed by atoms with E-state index < -0.39 is 0 Å². The maximum absolute atomic E-state index is 5.44. The molecule has 0 saturated heterocycles. The van der Waals surface area contributed by atoms with Gasteiger partial charge in [-0.3, -0.25) is 0 Å². The lowest BCUT2D eigenvalue weighted by Gasteiger charge is -2.05. The van der Waals surface area contributed by atoms with Crippen molar-refractivity contribution in [1.29, 1.82) is 0 Å². The van der Waals surface area contributed by atoms with Crippen LogP contribution in [0, 0.1) is 0 Å². The summed E-state index contributed by atoms with van der Waals surface area (Å²) < 4.78 is 16.2. The second-order valence-electron chi connectivity index (χ2n) is 3.67. The van der Waals surface area contributed by atoms with E-state index in [2.05, 4.69) is 13.8 Å². The van der Waals surface area contributed by atoms with Gasteiger partial charge in [-0.05, 0) is 12.5 Å². The molecule has 0 unspecified atom stereocenters. The predicted octanol–water partition coefficient (Wildman–Crippen LogP) is 2.67. The van der Waals surface area contributed by atoms with Gasteiger partial charge in [0.25, 0.3) is 0 Å². The Morgan fingerprint density at radius 1 is 0.750 bits per heavy atom. The van der Waals surface area contributed by atoms with E-state index in [-0.39, 0.29) is 0 Å². The average molecular weight is 246 g/mol. The third-order valence-electron chi connectivity index (χ3n) is 2.08. The van der Waals surface area contributed by atoms with Crippen molar-refractivity contribution in [3.8, 4) is 0 Å². The summed E-state index contributed by atoms with van der Waals surface area (Å²) in [5.41, 5.74) is 0. The molecule has 0 fully saturated rings. The Morgan fingerprint density at radius 2 is 1.38 bits per heavy atom. The molecule has 0 bridgehead atoms. The van der Waals surface area contributed by atoms with Crippen LogP contribution >= 0.6 is 0 Å². The largest absolute Gasteiger partial charge is 0.415 e.